The van der Waals surface area contributed by atoms with Crippen molar-refractivity contribution in [2.24, 2.45) is 32.9 Å². The summed E-state index contributed by atoms with van der Waals surface area (Å²) in [5, 5.41) is 62.1. The fourth-order valence-corrected chi connectivity index (χ4v) is 3.22. The lowest BCUT2D eigenvalue weighted by Gasteiger charge is -2.44. The third kappa shape index (κ3) is 3.72. The van der Waals surface area contributed by atoms with E-state index in [4.69, 9.17) is 32.4 Å². The van der Waals surface area contributed by atoms with Crippen molar-refractivity contribution in [3.8, 4) is 0 Å². The number of hydrogen-bond donors (Lipinski definition) is 10. The van der Waals surface area contributed by atoms with Gasteiger partial charge in [-0.3, -0.25) is 0 Å². The summed E-state index contributed by atoms with van der Waals surface area (Å²) in [6, 6.07) is -2.82. The number of ether oxygens (including phenoxy) is 2. The second-order valence-electron chi connectivity index (χ2n) is 7.15. The first-order valence-corrected chi connectivity index (χ1v) is 8.41. The number of nitrogens with two attached hydrogens (primary N) is 4. The summed E-state index contributed by atoms with van der Waals surface area (Å²) in [5.74, 6) is -3.84. The molecule has 1 aliphatic carbocycles. The average molecular weight is 408 g/mol. The van der Waals surface area contributed by atoms with Gasteiger partial charge in [0.25, 0.3) is 0 Å². The van der Waals surface area contributed by atoms with E-state index in [2.05, 4.69) is 9.98 Å². The lowest BCUT2D eigenvalue weighted by molar-refractivity contribution is -0.334. The van der Waals surface area contributed by atoms with Crippen molar-refractivity contribution < 1.29 is 40.1 Å². The molecule has 0 bridgehead atoms. The lowest BCUT2D eigenvalue weighted by Crippen LogP contribution is -2.66. The molecule has 14 N–H and O–H groups in total. The highest BCUT2D eigenvalue weighted by molar-refractivity contribution is 5.76. The second-order valence-corrected chi connectivity index (χ2v) is 7.15. The first-order chi connectivity index (χ1) is 12.7. The van der Waals surface area contributed by atoms with Gasteiger partial charge in [0.15, 0.2) is 11.9 Å². The van der Waals surface area contributed by atoms with Crippen LogP contribution in [-0.2, 0) is 9.47 Å². The predicted molar refractivity (Wildman–Crippen MR) is 94.2 cm³/mol. The third-order valence-corrected chi connectivity index (χ3v) is 5.14. The normalized spacial score (nSPS) is 45.4. The van der Waals surface area contributed by atoms with Gasteiger partial charge in [0.2, 0.25) is 12.1 Å². The van der Waals surface area contributed by atoms with E-state index in [1.807, 2.05) is 0 Å². The minimum atomic E-state index is -2.89. The largest absolute Gasteiger partial charge is 0.388 e. The van der Waals surface area contributed by atoms with Gasteiger partial charge in [-0.2, -0.15) is 0 Å². The van der Waals surface area contributed by atoms with E-state index in [9.17, 15) is 30.6 Å². The van der Waals surface area contributed by atoms with Crippen LogP contribution < -0.4 is 22.9 Å². The van der Waals surface area contributed by atoms with Gasteiger partial charge in [0, 0.05) is 0 Å². The molecule has 2 aliphatic rings. The third-order valence-electron chi connectivity index (χ3n) is 5.14. The molecule has 14 heteroatoms. The SMILES string of the molecule is CC1OC(OC2C(O)C(O)C(N=C(N)N)C(O)C2N=C(N)N)C(O)(O)C1(C)O. The number of aliphatic hydroxyl groups excluding tert-OH is 3. The van der Waals surface area contributed by atoms with Crippen molar-refractivity contribution in [2.75, 3.05) is 0 Å². The summed E-state index contributed by atoms with van der Waals surface area (Å²) >= 11 is 0. The van der Waals surface area contributed by atoms with Crippen LogP contribution in [0.5, 0.6) is 0 Å². The molecular formula is C14H28N6O8. The van der Waals surface area contributed by atoms with Crippen molar-refractivity contribution >= 4 is 11.9 Å². The summed E-state index contributed by atoms with van der Waals surface area (Å²) in [6.45, 7) is 2.48. The van der Waals surface area contributed by atoms with Gasteiger partial charge in [0.05, 0.1) is 6.10 Å². The maximum Gasteiger partial charge on any atom is 0.247 e. The topological polar surface area (TPSA) is 269 Å². The van der Waals surface area contributed by atoms with E-state index >= 15 is 0 Å². The Hall–Kier alpha value is -1.78. The number of aliphatic imine (C=N–C) groups is 2. The van der Waals surface area contributed by atoms with E-state index < -0.39 is 72.2 Å². The van der Waals surface area contributed by atoms with Crippen LogP contribution in [0.3, 0.4) is 0 Å². The smallest absolute Gasteiger partial charge is 0.247 e. The molecular weight excluding hydrogens is 380 g/mol. The highest BCUT2D eigenvalue weighted by Crippen LogP contribution is 2.40. The fourth-order valence-electron chi connectivity index (χ4n) is 3.22. The Labute approximate surface area is 160 Å². The first kappa shape index (κ1) is 22.5. The van der Waals surface area contributed by atoms with Crippen molar-refractivity contribution in [2.45, 2.75) is 74.1 Å². The Morgan fingerprint density at radius 3 is 1.82 bits per heavy atom. The molecule has 1 saturated carbocycles. The second kappa shape index (κ2) is 7.57. The molecule has 0 aromatic carbocycles. The van der Waals surface area contributed by atoms with Crippen LogP contribution in [0.1, 0.15) is 13.8 Å². The molecule has 2 rings (SSSR count). The quantitative estimate of drug-likeness (QED) is 0.118. The number of hydrogen-bond acceptors (Lipinski definition) is 10. The predicted octanol–water partition coefficient (Wildman–Crippen LogP) is -6.07. The van der Waals surface area contributed by atoms with Crippen LogP contribution in [0.4, 0.5) is 0 Å². The van der Waals surface area contributed by atoms with E-state index in [0.717, 1.165) is 6.92 Å². The summed E-state index contributed by atoms with van der Waals surface area (Å²) in [7, 11) is 0. The van der Waals surface area contributed by atoms with E-state index in [1.165, 1.54) is 6.92 Å². The molecule has 0 aromatic rings. The zero-order valence-electron chi connectivity index (χ0n) is 15.3. The van der Waals surface area contributed by atoms with Crippen LogP contribution in [0.2, 0.25) is 0 Å². The Morgan fingerprint density at radius 1 is 0.893 bits per heavy atom. The monoisotopic (exact) mass is 408 g/mol. The van der Waals surface area contributed by atoms with Crippen molar-refractivity contribution in [3.63, 3.8) is 0 Å². The molecule has 2 fully saturated rings. The Kier molecular flexibility index (Phi) is 6.08. The maximum atomic E-state index is 10.5. The van der Waals surface area contributed by atoms with Crippen molar-refractivity contribution in [3.05, 3.63) is 0 Å². The van der Waals surface area contributed by atoms with Crippen LogP contribution in [0, 0.1) is 0 Å². The minimum absolute atomic E-state index is 0.466. The summed E-state index contributed by atoms with van der Waals surface area (Å²) < 4.78 is 10.6. The minimum Gasteiger partial charge on any atom is -0.388 e. The fraction of sp³-hybridized carbons (Fsp3) is 0.857. The lowest BCUT2D eigenvalue weighted by atomic mass is 9.81. The first-order valence-electron chi connectivity index (χ1n) is 8.41. The van der Waals surface area contributed by atoms with Crippen molar-refractivity contribution in [1.82, 2.24) is 0 Å². The molecule has 9 unspecified atom stereocenters. The standard InChI is InChI=1S/C14H28N6O8/c1-3-13(2,24)14(25,26)10(27-3)28-9-5(20-12(17)18)6(21)4(19-11(15)16)7(22)8(9)23/h3-10,21-26H,1-2H3,(H4,15,16,19)(H4,17,18,20). The molecule has 0 amide bonds. The molecule has 1 heterocycles. The van der Waals surface area contributed by atoms with Crippen LogP contribution in [0.15, 0.2) is 9.98 Å². The van der Waals surface area contributed by atoms with E-state index in [0.29, 0.717) is 0 Å². The van der Waals surface area contributed by atoms with E-state index in [-0.39, 0.29) is 0 Å². The molecule has 0 radical (unpaired) electrons. The molecule has 14 nitrogen and oxygen atoms in total. The van der Waals surface area contributed by atoms with Gasteiger partial charge in [-0.15, -0.1) is 0 Å². The molecule has 28 heavy (non-hydrogen) atoms. The molecule has 0 spiro atoms. The highest BCUT2D eigenvalue weighted by atomic mass is 16.8. The van der Waals surface area contributed by atoms with Crippen LogP contribution in [-0.4, -0.2) is 103 Å². The van der Waals surface area contributed by atoms with Gasteiger partial charge in [-0.1, -0.05) is 0 Å². The Bertz CT molecular complexity index is 635. The van der Waals surface area contributed by atoms with E-state index in [1.54, 1.807) is 0 Å². The Balaban J connectivity index is 2.39. The van der Waals surface area contributed by atoms with Crippen LogP contribution in [0.25, 0.3) is 0 Å². The Morgan fingerprint density at radius 2 is 1.39 bits per heavy atom. The zero-order valence-corrected chi connectivity index (χ0v) is 15.3. The van der Waals surface area contributed by atoms with Gasteiger partial charge >= 0.3 is 0 Å². The molecule has 162 valence electrons. The van der Waals surface area contributed by atoms with Gasteiger partial charge in [0.1, 0.15) is 42.1 Å². The van der Waals surface area contributed by atoms with Crippen molar-refractivity contribution in [1.29, 1.82) is 0 Å². The van der Waals surface area contributed by atoms with Gasteiger partial charge in [-0.05, 0) is 13.8 Å². The zero-order chi connectivity index (χ0) is 21.6. The molecule has 9 atom stereocenters. The van der Waals surface area contributed by atoms with Gasteiger partial charge < -0.3 is 63.0 Å². The molecule has 1 saturated heterocycles. The van der Waals surface area contributed by atoms with Gasteiger partial charge in [-0.25, -0.2) is 9.98 Å². The average Bonchev–Trinajstić information content (AvgIpc) is 2.71. The molecule has 1 aliphatic heterocycles. The summed E-state index contributed by atoms with van der Waals surface area (Å²) in [6.07, 6.45) is -9.64. The number of aliphatic hydroxyl groups is 6. The number of guanidine groups is 2. The van der Waals surface area contributed by atoms with Crippen LogP contribution >= 0.6 is 0 Å². The number of rotatable bonds is 4. The summed E-state index contributed by atoms with van der Waals surface area (Å²) in [5.41, 5.74) is 19.2. The highest BCUT2D eigenvalue weighted by Gasteiger charge is 2.64. The summed E-state index contributed by atoms with van der Waals surface area (Å²) in [4.78, 5) is 7.45. The maximum absolute atomic E-state index is 10.5. The molecule has 0 aromatic heterocycles. The number of nitrogens with zero attached hydrogens (tertiary/aromatic N) is 2.